The Balaban J connectivity index is 1.46. The highest BCUT2D eigenvalue weighted by atomic mass is 32.1. The Morgan fingerprint density at radius 1 is 1.10 bits per heavy atom. The van der Waals surface area contributed by atoms with Crippen LogP contribution in [0.4, 0.5) is 5.69 Å². The summed E-state index contributed by atoms with van der Waals surface area (Å²) in [5.41, 5.74) is 4.67. The van der Waals surface area contributed by atoms with Crippen molar-refractivity contribution in [3.8, 4) is 10.6 Å². The van der Waals surface area contributed by atoms with Crippen LogP contribution in [-0.4, -0.2) is 23.3 Å². The summed E-state index contributed by atoms with van der Waals surface area (Å²) in [6.45, 7) is 6.77. The predicted molar refractivity (Wildman–Crippen MR) is 121 cm³/mol. The lowest BCUT2D eigenvalue weighted by Gasteiger charge is -2.16. The number of carbonyl (C=O) groups excluding carboxylic acids is 2. The van der Waals surface area contributed by atoms with Crippen LogP contribution in [0.15, 0.2) is 48.5 Å². The van der Waals surface area contributed by atoms with Crippen molar-refractivity contribution in [1.82, 2.24) is 10.3 Å². The molecule has 0 spiro atoms. The lowest BCUT2D eigenvalue weighted by molar-refractivity contribution is -0.117. The zero-order chi connectivity index (χ0) is 21.3. The van der Waals surface area contributed by atoms with E-state index in [0.29, 0.717) is 12.0 Å². The van der Waals surface area contributed by atoms with Crippen LogP contribution < -0.4 is 10.2 Å². The second-order valence-corrected chi connectivity index (χ2v) is 8.76. The van der Waals surface area contributed by atoms with Crippen LogP contribution in [0.25, 0.3) is 10.6 Å². The molecule has 1 atom stereocenters. The van der Waals surface area contributed by atoms with Crippen LogP contribution >= 0.6 is 11.3 Å². The Hall–Kier alpha value is -2.99. The molecule has 4 rings (SSSR count). The van der Waals surface area contributed by atoms with E-state index in [9.17, 15) is 9.59 Å². The first-order chi connectivity index (χ1) is 14.4. The Kier molecular flexibility index (Phi) is 5.68. The van der Waals surface area contributed by atoms with Crippen molar-refractivity contribution >= 4 is 28.8 Å². The molecule has 1 aliphatic heterocycles. The molecule has 1 saturated heterocycles. The molecular formula is C24H25N3O2S. The monoisotopic (exact) mass is 419 g/mol. The van der Waals surface area contributed by atoms with Gasteiger partial charge in [-0.3, -0.25) is 9.59 Å². The van der Waals surface area contributed by atoms with E-state index < -0.39 is 0 Å². The number of aryl methyl sites for hydroxylation is 2. The van der Waals surface area contributed by atoms with Crippen molar-refractivity contribution < 1.29 is 9.59 Å². The van der Waals surface area contributed by atoms with Gasteiger partial charge in [-0.15, -0.1) is 11.3 Å². The highest BCUT2D eigenvalue weighted by Crippen LogP contribution is 2.32. The van der Waals surface area contributed by atoms with Gasteiger partial charge in [-0.2, -0.15) is 0 Å². The molecule has 2 heterocycles. The molecule has 2 aromatic carbocycles. The van der Waals surface area contributed by atoms with Gasteiger partial charge in [0.05, 0.1) is 16.6 Å². The molecule has 5 nitrogen and oxygen atoms in total. The number of aromatic nitrogens is 1. The van der Waals surface area contributed by atoms with E-state index in [4.69, 9.17) is 4.98 Å². The van der Waals surface area contributed by atoms with Crippen molar-refractivity contribution in [2.45, 2.75) is 39.7 Å². The summed E-state index contributed by atoms with van der Waals surface area (Å²) in [5.74, 6) is 0.0114. The number of carbonyl (C=O) groups is 2. The molecule has 0 bridgehead atoms. The van der Waals surface area contributed by atoms with Crippen LogP contribution in [0.5, 0.6) is 0 Å². The highest BCUT2D eigenvalue weighted by molar-refractivity contribution is 7.15. The Labute approximate surface area is 180 Å². The third kappa shape index (κ3) is 4.14. The van der Waals surface area contributed by atoms with Gasteiger partial charge in [-0.1, -0.05) is 29.8 Å². The number of anilines is 1. The number of hydrogen-bond donors (Lipinski definition) is 1. The van der Waals surface area contributed by atoms with Crippen LogP contribution in [0.3, 0.4) is 0 Å². The fraction of sp³-hybridized carbons (Fsp3) is 0.292. The molecule has 0 radical (unpaired) electrons. The summed E-state index contributed by atoms with van der Waals surface area (Å²) in [7, 11) is 0. The zero-order valence-corrected chi connectivity index (χ0v) is 18.3. The van der Waals surface area contributed by atoms with Gasteiger partial charge in [0.15, 0.2) is 0 Å². The molecule has 1 aromatic heterocycles. The van der Waals surface area contributed by atoms with Crippen LogP contribution in [0.1, 0.15) is 52.3 Å². The van der Waals surface area contributed by atoms with Gasteiger partial charge in [-0.25, -0.2) is 4.98 Å². The lowest BCUT2D eigenvalue weighted by Crippen LogP contribution is -2.27. The summed E-state index contributed by atoms with van der Waals surface area (Å²) in [5, 5.41) is 4.04. The molecular weight excluding hydrogens is 394 g/mol. The van der Waals surface area contributed by atoms with E-state index in [1.165, 1.54) is 5.56 Å². The number of amides is 2. The van der Waals surface area contributed by atoms with E-state index in [0.717, 1.165) is 39.8 Å². The molecule has 30 heavy (non-hydrogen) atoms. The number of nitrogens with one attached hydrogen (secondary N) is 1. The first-order valence-corrected chi connectivity index (χ1v) is 11.0. The largest absolute Gasteiger partial charge is 0.345 e. The number of benzene rings is 2. The minimum atomic E-state index is -0.144. The summed E-state index contributed by atoms with van der Waals surface area (Å²) < 4.78 is 0. The van der Waals surface area contributed by atoms with E-state index in [-0.39, 0.29) is 17.9 Å². The average Bonchev–Trinajstić information content (AvgIpc) is 3.34. The van der Waals surface area contributed by atoms with Crippen molar-refractivity contribution in [3.05, 3.63) is 70.2 Å². The quantitative estimate of drug-likeness (QED) is 0.630. The van der Waals surface area contributed by atoms with Crippen LogP contribution in [-0.2, 0) is 4.79 Å². The third-order valence-electron chi connectivity index (χ3n) is 5.39. The number of nitrogens with zero attached hydrogens (tertiary/aromatic N) is 2. The molecule has 1 N–H and O–H groups in total. The minimum absolute atomic E-state index is 0.133. The maximum Gasteiger partial charge on any atom is 0.251 e. The molecule has 0 saturated carbocycles. The lowest BCUT2D eigenvalue weighted by atomic mass is 10.1. The maximum absolute atomic E-state index is 12.7. The van der Waals surface area contributed by atoms with E-state index in [1.54, 1.807) is 28.4 Å². The summed E-state index contributed by atoms with van der Waals surface area (Å²) in [6.07, 6.45) is 1.48. The number of thiazole rings is 1. The van der Waals surface area contributed by atoms with Gasteiger partial charge in [0, 0.05) is 29.8 Å². The normalized spacial score (nSPS) is 14.8. The molecule has 1 unspecified atom stereocenters. The molecule has 1 fully saturated rings. The summed E-state index contributed by atoms with van der Waals surface area (Å²) in [6, 6.07) is 15.4. The van der Waals surface area contributed by atoms with Crippen molar-refractivity contribution in [2.24, 2.45) is 0 Å². The second-order valence-electron chi connectivity index (χ2n) is 7.73. The molecule has 6 heteroatoms. The molecule has 3 aromatic rings. The third-order valence-corrected chi connectivity index (χ3v) is 6.78. The van der Waals surface area contributed by atoms with Crippen molar-refractivity contribution in [3.63, 3.8) is 0 Å². The molecule has 2 amide bonds. The standard InChI is InChI=1S/C24H25N3O2S/c1-15-6-8-19(9-7-15)24-26-17(3)22(30-24)16(2)25-23(29)18-10-12-20(13-11-18)27-14-4-5-21(27)28/h6-13,16H,4-5,14H2,1-3H3,(H,25,29). The van der Waals surface area contributed by atoms with Crippen molar-refractivity contribution in [1.29, 1.82) is 0 Å². The topological polar surface area (TPSA) is 62.3 Å². The Morgan fingerprint density at radius 3 is 2.43 bits per heavy atom. The molecule has 1 aliphatic rings. The van der Waals surface area contributed by atoms with Crippen LogP contribution in [0.2, 0.25) is 0 Å². The van der Waals surface area contributed by atoms with E-state index >= 15 is 0 Å². The Morgan fingerprint density at radius 2 is 1.80 bits per heavy atom. The van der Waals surface area contributed by atoms with Gasteiger partial charge < -0.3 is 10.2 Å². The Bertz CT molecular complexity index is 1070. The smallest absolute Gasteiger partial charge is 0.251 e. The zero-order valence-electron chi connectivity index (χ0n) is 17.4. The van der Waals surface area contributed by atoms with Gasteiger partial charge in [0.25, 0.3) is 5.91 Å². The fourth-order valence-corrected chi connectivity index (χ4v) is 4.76. The van der Waals surface area contributed by atoms with Gasteiger partial charge in [0.1, 0.15) is 5.01 Å². The number of hydrogen-bond acceptors (Lipinski definition) is 4. The predicted octanol–water partition coefficient (Wildman–Crippen LogP) is 5.04. The molecule has 0 aliphatic carbocycles. The molecule has 154 valence electrons. The van der Waals surface area contributed by atoms with Crippen molar-refractivity contribution in [2.75, 3.05) is 11.4 Å². The van der Waals surface area contributed by atoms with Gasteiger partial charge in [-0.05, 0) is 51.5 Å². The SMILES string of the molecule is Cc1ccc(-c2nc(C)c(C(C)NC(=O)c3ccc(N4CCCC4=O)cc3)s2)cc1. The van der Waals surface area contributed by atoms with Gasteiger partial charge >= 0.3 is 0 Å². The van der Waals surface area contributed by atoms with Crippen LogP contribution in [0, 0.1) is 13.8 Å². The average molecular weight is 420 g/mol. The highest BCUT2D eigenvalue weighted by Gasteiger charge is 2.22. The number of rotatable bonds is 5. The fourth-order valence-electron chi connectivity index (χ4n) is 3.69. The second kappa shape index (κ2) is 8.40. The van der Waals surface area contributed by atoms with Gasteiger partial charge in [0.2, 0.25) is 5.91 Å². The summed E-state index contributed by atoms with van der Waals surface area (Å²) >= 11 is 1.61. The van der Waals surface area contributed by atoms with E-state index in [1.807, 2.05) is 26.0 Å². The summed E-state index contributed by atoms with van der Waals surface area (Å²) in [4.78, 5) is 32.2. The van der Waals surface area contributed by atoms with E-state index in [2.05, 4.69) is 36.5 Å². The first-order valence-electron chi connectivity index (χ1n) is 10.2. The minimum Gasteiger partial charge on any atom is -0.345 e. The first kappa shape index (κ1) is 20.3. The maximum atomic E-state index is 12.7.